The van der Waals surface area contributed by atoms with Gasteiger partial charge < -0.3 is 9.84 Å². The Kier molecular flexibility index (Phi) is 3.58. The Morgan fingerprint density at radius 2 is 2.27 bits per heavy atom. The van der Waals surface area contributed by atoms with E-state index in [1.807, 2.05) is 6.07 Å². The third-order valence-corrected chi connectivity index (χ3v) is 2.59. The quantitative estimate of drug-likeness (QED) is 0.611. The Bertz CT molecular complexity index is 437. The number of rotatable bonds is 2. The highest BCUT2D eigenvalue weighted by molar-refractivity contribution is 7.98. The first-order valence-electron chi connectivity index (χ1n) is 4.03. The highest BCUT2D eigenvalue weighted by Gasteiger charge is 2.13. The van der Waals surface area contributed by atoms with E-state index in [4.69, 9.17) is 5.26 Å². The van der Waals surface area contributed by atoms with Crippen molar-refractivity contribution >= 4 is 17.7 Å². The van der Waals surface area contributed by atoms with E-state index in [2.05, 4.69) is 4.74 Å². The van der Waals surface area contributed by atoms with E-state index in [0.717, 1.165) is 0 Å². The number of methoxy groups -OCH3 is 1. The van der Waals surface area contributed by atoms with Crippen molar-refractivity contribution in [3.05, 3.63) is 23.3 Å². The van der Waals surface area contributed by atoms with Crippen LogP contribution in [0.25, 0.3) is 0 Å². The standard InChI is InChI=1S/C10H9NO3S/c1-14-10(13)6-3-7(5-11)9(12)8(4-6)15-2/h3-4,12H,1-2H3. The van der Waals surface area contributed by atoms with Gasteiger partial charge in [-0.2, -0.15) is 5.26 Å². The van der Waals surface area contributed by atoms with E-state index in [1.54, 1.807) is 6.26 Å². The average Bonchev–Trinajstić information content (AvgIpc) is 2.28. The van der Waals surface area contributed by atoms with E-state index in [9.17, 15) is 9.90 Å². The van der Waals surface area contributed by atoms with E-state index in [1.165, 1.54) is 31.0 Å². The number of thioether (sulfide) groups is 1. The highest BCUT2D eigenvalue weighted by atomic mass is 32.2. The number of esters is 1. The molecule has 0 saturated heterocycles. The summed E-state index contributed by atoms with van der Waals surface area (Å²) in [5, 5.41) is 18.3. The van der Waals surface area contributed by atoms with Gasteiger partial charge in [0.2, 0.25) is 0 Å². The predicted octanol–water partition coefficient (Wildman–Crippen LogP) is 1.77. The van der Waals surface area contributed by atoms with Crippen LogP contribution in [-0.4, -0.2) is 24.4 Å². The van der Waals surface area contributed by atoms with E-state index < -0.39 is 5.97 Å². The number of nitriles is 1. The molecule has 0 fully saturated rings. The van der Waals surface area contributed by atoms with Gasteiger partial charge in [-0.3, -0.25) is 0 Å². The van der Waals surface area contributed by atoms with Crippen LogP contribution >= 0.6 is 11.8 Å². The SMILES string of the molecule is COC(=O)c1cc(C#N)c(O)c(SC)c1. The first-order valence-corrected chi connectivity index (χ1v) is 5.26. The molecule has 0 unspecified atom stereocenters. The zero-order valence-corrected chi connectivity index (χ0v) is 9.09. The highest BCUT2D eigenvalue weighted by Crippen LogP contribution is 2.31. The number of aromatic hydroxyl groups is 1. The predicted molar refractivity (Wildman–Crippen MR) is 55.9 cm³/mol. The van der Waals surface area contributed by atoms with Crippen molar-refractivity contribution in [1.29, 1.82) is 5.26 Å². The third kappa shape index (κ3) is 2.22. The van der Waals surface area contributed by atoms with Crippen molar-refractivity contribution in [1.82, 2.24) is 0 Å². The average molecular weight is 223 g/mol. The van der Waals surface area contributed by atoms with Crippen LogP contribution in [0, 0.1) is 11.3 Å². The van der Waals surface area contributed by atoms with Gasteiger partial charge in [-0.25, -0.2) is 4.79 Å². The van der Waals surface area contributed by atoms with Gasteiger partial charge >= 0.3 is 5.97 Å². The molecule has 1 rings (SSSR count). The smallest absolute Gasteiger partial charge is 0.337 e. The zero-order valence-electron chi connectivity index (χ0n) is 8.27. The fraction of sp³-hybridized carbons (Fsp3) is 0.200. The number of phenolic OH excluding ortho intramolecular Hbond substituents is 1. The molecule has 4 nitrogen and oxygen atoms in total. The lowest BCUT2D eigenvalue weighted by Crippen LogP contribution is -2.02. The molecule has 15 heavy (non-hydrogen) atoms. The summed E-state index contributed by atoms with van der Waals surface area (Å²) in [7, 11) is 1.26. The minimum Gasteiger partial charge on any atom is -0.505 e. The van der Waals surface area contributed by atoms with Crippen molar-refractivity contribution in [3.63, 3.8) is 0 Å². The summed E-state index contributed by atoms with van der Waals surface area (Å²) in [6.45, 7) is 0. The van der Waals surface area contributed by atoms with Gasteiger partial charge in [-0.1, -0.05) is 0 Å². The minimum atomic E-state index is -0.526. The number of carbonyl (C=O) groups is 1. The topological polar surface area (TPSA) is 70.3 Å². The lowest BCUT2D eigenvalue weighted by atomic mass is 10.1. The van der Waals surface area contributed by atoms with Crippen LogP contribution in [-0.2, 0) is 4.74 Å². The number of ether oxygens (including phenoxy) is 1. The van der Waals surface area contributed by atoms with Crippen LogP contribution < -0.4 is 0 Å². The summed E-state index contributed by atoms with van der Waals surface area (Å²) < 4.78 is 4.54. The van der Waals surface area contributed by atoms with Crippen LogP contribution in [0.15, 0.2) is 17.0 Å². The molecule has 0 atom stereocenters. The minimum absolute atomic E-state index is 0.0715. The van der Waals surface area contributed by atoms with Crippen LogP contribution in [0.4, 0.5) is 0 Å². The molecule has 0 amide bonds. The van der Waals surface area contributed by atoms with Crippen LogP contribution in [0.5, 0.6) is 5.75 Å². The number of hydrogen-bond donors (Lipinski definition) is 1. The lowest BCUT2D eigenvalue weighted by molar-refractivity contribution is 0.0600. The van der Waals surface area contributed by atoms with E-state index in [0.29, 0.717) is 4.90 Å². The lowest BCUT2D eigenvalue weighted by Gasteiger charge is -2.06. The monoisotopic (exact) mass is 223 g/mol. The van der Waals surface area contributed by atoms with Gasteiger partial charge in [0.25, 0.3) is 0 Å². The number of nitrogens with zero attached hydrogens (tertiary/aromatic N) is 1. The second-order valence-corrected chi connectivity index (χ2v) is 3.53. The molecule has 0 radical (unpaired) electrons. The fourth-order valence-corrected chi connectivity index (χ4v) is 1.63. The summed E-state index contributed by atoms with van der Waals surface area (Å²) >= 11 is 1.26. The molecule has 1 aromatic rings. The summed E-state index contributed by atoms with van der Waals surface area (Å²) in [5.74, 6) is -0.626. The molecule has 0 aliphatic carbocycles. The number of phenols is 1. The Hall–Kier alpha value is -1.67. The molecule has 0 aliphatic rings. The van der Waals surface area contributed by atoms with Gasteiger partial charge in [-0.05, 0) is 18.4 Å². The number of carbonyl (C=O) groups excluding carboxylic acids is 1. The molecule has 0 bridgehead atoms. The molecule has 5 heteroatoms. The van der Waals surface area contributed by atoms with Gasteiger partial charge in [0.05, 0.1) is 23.1 Å². The van der Waals surface area contributed by atoms with E-state index in [-0.39, 0.29) is 16.9 Å². The van der Waals surface area contributed by atoms with Crippen molar-refractivity contribution in [2.45, 2.75) is 4.90 Å². The Morgan fingerprint density at radius 3 is 2.73 bits per heavy atom. The normalized spacial score (nSPS) is 9.40. The molecular formula is C10H9NO3S. The molecule has 0 saturated carbocycles. The maximum Gasteiger partial charge on any atom is 0.337 e. The molecular weight excluding hydrogens is 214 g/mol. The summed E-state index contributed by atoms with van der Waals surface area (Å²) in [5.41, 5.74) is 0.332. The molecule has 78 valence electrons. The van der Waals surface area contributed by atoms with Crippen LogP contribution in [0.3, 0.4) is 0 Å². The maximum absolute atomic E-state index is 11.2. The van der Waals surface area contributed by atoms with Gasteiger partial charge in [0.15, 0.2) is 0 Å². The third-order valence-electron chi connectivity index (χ3n) is 1.84. The first kappa shape index (κ1) is 11.4. The molecule has 0 spiro atoms. The van der Waals surface area contributed by atoms with Crippen molar-refractivity contribution in [3.8, 4) is 11.8 Å². The zero-order chi connectivity index (χ0) is 11.4. The number of benzene rings is 1. The molecule has 1 aromatic carbocycles. The van der Waals surface area contributed by atoms with Crippen LogP contribution in [0.2, 0.25) is 0 Å². The fourth-order valence-electron chi connectivity index (χ4n) is 1.08. The molecule has 0 aromatic heterocycles. The second-order valence-electron chi connectivity index (χ2n) is 2.68. The Labute approximate surface area is 91.5 Å². The Balaban J connectivity index is 3.34. The van der Waals surface area contributed by atoms with Crippen molar-refractivity contribution in [2.24, 2.45) is 0 Å². The van der Waals surface area contributed by atoms with Gasteiger partial charge in [0.1, 0.15) is 11.8 Å². The summed E-state index contributed by atoms with van der Waals surface area (Å²) in [6, 6.07) is 4.62. The summed E-state index contributed by atoms with van der Waals surface area (Å²) in [4.78, 5) is 11.7. The van der Waals surface area contributed by atoms with Crippen LogP contribution in [0.1, 0.15) is 15.9 Å². The van der Waals surface area contributed by atoms with E-state index >= 15 is 0 Å². The molecule has 1 N–H and O–H groups in total. The maximum atomic E-state index is 11.2. The largest absolute Gasteiger partial charge is 0.505 e. The Morgan fingerprint density at radius 1 is 1.60 bits per heavy atom. The van der Waals surface area contributed by atoms with Gasteiger partial charge in [0, 0.05) is 0 Å². The molecule has 0 heterocycles. The van der Waals surface area contributed by atoms with Crippen molar-refractivity contribution < 1.29 is 14.6 Å². The first-order chi connectivity index (χ1) is 7.13. The second kappa shape index (κ2) is 4.71. The summed E-state index contributed by atoms with van der Waals surface area (Å²) in [6.07, 6.45) is 1.75. The van der Waals surface area contributed by atoms with Gasteiger partial charge in [-0.15, -0.1) is 11.8 Å². The number of hydrogen-bond acceptors (Lipinski definition) is 5. The molecule has 0 aliphatic heterocycles. The van der Waals surface area contributed by atoms with Crippen molar-refractivity contribution in [2.75, 3.05) is 13.4 Å².